The summed E-state index contributed by atoms with van der Waals surface area (Å²) in [4.78, 5) is 24.3. The lowest BCUT2D eigenvalue weighted by Gasteiger charge is -2.25. The molecule has 0 saturated carbocycles. The summed E-state index contributed by atoms with van der Waals surface area (Å²) in [5, 5.41) is 14.3. The molecule has 16 heavy (non-hydrogen) atoms. The van der Waals surface area contributed by atoms with Crippen molar-refractivity contribution in [2.24, 2.45) is 0 Å². The summed E-state index contributed by atoms with van der Waals surface area (Å²) in [5.74, 6) is -0.273. The van der Waals surface area contributed by atoms with Crippen molar-refractivity contribution in [2.45, 2.75) is 12.5 Å². The van der Waals surface area contributed by atoms with Gasteiger partial charge in [0.05, 0.1) is 19.1 Å². The first-order valence-corrected chi connectivity index (χ1v) is 5.01. The number of rotatable bonds is 4. The Bertz CT molecular complexity index is 250. The molecule has 6 nitrogen and oxygen atoms in total. The third-order valence-electron chi connectivity index (χ3n) is 2.37. The van der Waals surface area contributed by atoms with Crippen LogP contribution in [0.2, 0.25) is 0 Å². The number of hydrogen-bond donors (Lipinski definition) is 3. The van der Waals surface area contributed by atoms with Crippen LogP contribution in [0.15, 0.2) is 0 Å². The minimum atomic E-state index is -0.438. The Morgan fingerprint density at radius 3 is 2.81 bits per heavy atom. The van der Waals surface area contributed by atoms with Gasteiger partial charge in [0.2, 0.25) is 11.8 Å². The summed E-state index contributed by atoms with van der Waals surface area (Å²) in [5.41, 5.74) is 0. The van der Waals surface area contributed by atoms with Gasteiger partial charge in [-0.1, -0.05) is 0 Å². The van der Waals surface area contributed by atoms with E-state index in [0.29, 0.717) is 19.6 Å². The predicted molar refractivity (Wildman–Crippen MR) is 61.4 cm³/mol. The van der Waals surface area contributed by atoms with Gasteiger partial charge in [0, 0.05) is 26.7 Å². The maximum absolute atomic E-state index is 11.5. The molecule has 1 aliphatic heterocycles. The molecule has 1 heterocycles. The molecular weight excluding hydrogens is 234 g/mol. The first-order valence-electron chi connectivity index (χ1n) is 5.01. The number of amides is 2. The Hall–Kier alpha value is -0.850. The van der Waals surface area contributed by atoms with E-state index in [9.17, 15) is 9.59 Å². The lowest BCUT2D eigenvalue weighted by molar-refractivity contribution is -0.134. The molecule has 0 bridgehead atoms. The van der Waals surface area contributed by atoms with E-state index in [4.69, 9.17) is 5.11 Å². The topological polar surface area (TPSA) is 81.7 Å². The van der Waals surface area contributed by atoms with Gasteiger partial charge in [-0.25, -0.2) is 0 Å². The monoisotopic (exact) mass is 251 g/mol. The highest BCUT2D eigenvalue weighted by Crippen LogP contribution is 1.99. The zero-order chi connectivity index (χ0) is 11.3. The summed E-state index contributed by atoms with van der Waals surface area (Å²) in [6.07, 6.45) is 0.141. The van der Waals surface area contributed by atoms with Gasteiger partial charge >= 0.3 is 0 Å². The Kier molecular flexibility index (Phi) is 7.03. The number of halogens is 1. The van der Waals surface area contributed by atoms with Crippen molar-refractivity contribution in [3.63, 3.8) is 0 Å². The van der Waals surface area contributed by atoms with Crippen molar-refractivity contribution in [1.29, 1.82) is 0 Å². The molecule has 1 atom stereocenters. The van der Waals surface area contributed by atoms with E-state index < -0.39 is 6.04 Å². The van der Waals surface area contributed by atoms with Gasteiger partial charge in [0.15, 0.2) is 0 Å². The highest BCUT2D eigenvalue weighted by atomic mass is 35.5. The minimum Gasteiger partial charge on any atom is -0.395 e. The molecule has 1 aliphatic rings. The number of carbonyl (C=O) groups excluding carboxylic acids is 2. The van der Waals surface area contributed by atoms with Crippen LogP contribution in [0.5, 0.6) is 0 Å². The molecule has 0 aromatic heterocycles. The summed E-state index contributed by atoms with van der Waals surface area (Å²) in [6, 6.07) is -0.438. The molecule has 2 amide bonds. The molecule has 0 aromatic rings. The molecule has 0 spiro atoms. The van der Waals surface area contributed by atoms with E-state index >= 15 is 0 Å². The van der Waals surface area contributed by atoms with Crippen LogP contribution in [0.4, 0.5) is 0 Å². The van der Waals surface area contributed by atoms with E-state index in [1.807, 2.05) is 0 Å². The number of piperazine rings is 1. The highest BCUT2D eigenvalue weighted by Gasteiger charge is 2.25. The Labute approximate surface area is 101 Å². The number of aliphatic hydroxyl groups is 1. The second-order valence-electron chi connectivity index (χ2n) is 3.54. The maximum Gasteiger partial charge on any atom is 0.237 e. The molecule has 1 rings (SSSR count). The van der Waals surface area contributed by atoms with E-state index in [2.05, 4.69) is 10.6 Å². The molecule has 3 N–H and O–H groups in total. The number of carbonyl (C=O) groups is 2. The Morgan fingerprint density at radius 1 is 1.56 bits per heavy atom. The Morgan fingerprint density at radius 2 is 2.25 bits per heavy atom. The summed E-state index contributed by atoms with van der Waals surface area (Å²) < 4.78 is 0. The second-order valence-corrected chi connectivity index (χ2v) is 3.54. The molecule has 94 valence electrons. The number of nitrogens with one attached hydrogen (secondary N) is 2. The van der Waals surface area contributed by atoms with E-state index in [1.165, 1.54) is 4.90 Å². The molecular formula is C9H18ClN3O3. The van der Waals surface area contributed by atoms with Gasteiger partial charge < -0.3 is 20.6 Å². The van der Waals surface area contributed by atoms with Crippen molar-refractivity contribution >= 4 is 24.2 Å². The van der Waals surface area contributed by atoms with Gasteiger partial charge in [0.25, 0.3) is 0 Å². The van der Waals surface area contributed by atoms with Crippen LogP contribution < -0.4 is 10.6 Å². The average molecular weight is 252 g/mol. The first kappa shape index (κ1) is 15.2. The quantitative estimate of drug-likeness (QED) is 0.559. The van der Waals surface area contributed by atoms with Crippen LogP contribution in [0.1, 0.15) is 6.42 Å². The predicted octanol–water partition coefficient (Wildman–Crippen LogP) is -1.66. The van der Waals surface area contributed by atoms with Crippen molar-refractivity contribution in [1.82, 2.24) is 15.5 Å². The first-order chi connectivity index (χ1) is 7.15. The van der Waals surface area contributed by atoms with Crippen LogP contribution in [0, 0.1) is 0 Å². The number of hydrogen-bond acceptors (Lipinski definition) is 4. The van der Waals surface area contributed by atoms with Crippen molar-refractivity contribution in [3.8, 4) is 0 Å². The van der Waals surface area contributed by atoms with Gasteiger partial charge in [-0.2, -0.15) is 0 Å². The molecule has 0 radical (unpaired) electrons. The normalized spacial score (nSPS) is 19.6. The summed E-state index contributed by atoms with van der Waals surface area (Å²) in [6.45, 7) is 1.53. The zero-order valence-electron chi connectivity index (χ0n) is 9.23. The largest absolute Gasteiger partial charge is 0.395 e. The molecule has 1 unspecified atom stereocenters. The third-order valence-corrected chi connectivity index (χ3v) is 2.37. The minimum absolute atomic E-state index is 0. The van der Waals surface area contributed by atoms with Gasteiger partial charge in [-0.3, -0.25) is 9.59 Å². The summed E-state index contributed by atoms with van der Waals surface area (Å²) >= 11 is 0. The zero-order valence-corrected chi connectivity index (χ0v) is 10.0. The maximum atomic E-state index is 11.5. The van der Waals surface area contributed by atoms with Gasteiger partial charge in [0.1, 0.15) is 0 Å². The highest BCUT2D eigenvalue weighted by molar-refractivity contribution is 5.88. The van der Waals surface area contributed by atoms with Crippen molar-refractivity contribution < 1.29 is 14.7 Å². The van der Waals surface area contributed by atoms with Crippen molar-refractivity contribution in [3.05, 3.63) is 0 Å². The number of nitrogens with zero attached hydrogens (tertiary/aromatic N) is 1. The third kappa shape index (κ3) is 4.34. The fourth-order valence-corrected chi connectivity index (χ4v) is 1.42. The molecule has 1 saturated heterocycles. The molecule has 0 aromatic carbocycles. The van der Waals surface area contributed by atoms with Crippen LogP contribution in [-0.2, 0) is 9.59 Å². The fraction of sp³-hybridized carbons (Fsp3) is 0.778. The van der Waals surface area contributed by atoms with E-state index in [1.54, 1.807) is 7.05 Å². The van der Waals surface area contributed by atoms with Crippen LogP contribution in [0.3, 0.4) is 0 Å². The van der Waals surface area contributed by atoms with Gasteiger partial charge in [-0.05, 0) is 0 Å². The summed E-state index contributed by atoms with van der Waals surface area (Å²) in [7, 11) is 1.61. The van der Waals surface area contributed by atoms with Crippen molar-refractivity contribution in [2.75, 3.05) is 33.3 Å². The average Bonchev–Trinajstić information content (AvgIpc) is 2.21. The SMILES string of the molecule is CN(CCO)C(=O)CC1NCCNC1=O.Cl. The van der Waals surface area contributed by atoms with Gasteiger partial charge in [-0.15, -0.1) is 12.4 Å². The second kappa shape index (κ2) is 7.43. The standard InChI is InChI=1S/C9H17N3O3.ClH/c1-12(4-5-13)8(14)6-7-9(15)11-3-2-10-7;/h7,10,13H,2-6H2,1H3,(H,11,15);1H. The number of likely N-dealkylation sites (N-methyl/N-ethyl adjacent to an activating group) is 1. The van der Waals surface area contributed by atoms with E-state index in [-0.39, 0.29) is 37.2 Å². The lowest BCUT2D eigenvalue weighted by atomic mass is 10.1. The molecule has 1 fully saturated rings. The number of aliphatic hydroxyl groups excluding tert-OH is 1. The molecule has 0 aliphatic carbocycles. The fourth-order valence-electron chi connectivity index (χ4n) is 1.42. The lowest BCUT2D eigenvalue weighted by Crippen LogP contribution is -2.54. The van der Waals surface area contributed by atoms with Crippen LogP contribution in [-0.4, -0.2) is 61.2 Å². The molecule has 7 heteroatoms. The Balaban J connectivity index is 0.00000225. The van der Waals surface area contributed by atoms with Crippen LogP contribution in [0.25, 0.3) is 0 Å². The van der Waals surface area contributed by atoms with Crippen LogP contribution >= 0.6 is 12.4 Å². The van der Waals surface area contributed by atoms with E-state index in [0.717, 1.165) is 0 Å². The smallest absolute Gasteiger partial charge is 0.237 e.